The van der Waals surface area contributed by atoms with Crippen LogP contribution in [-0.4, -0.2) is 51.2 Å². The van der Waals surface area contributed by atoms with Crippen molar-refractivity contribution >= 4 is 55.1 Å². The molecular formula is C39H36ClN6O2+. The van der Waals surface area contributed by atoms with Crippen LogP contribution in [0.3, 0.4) is 0 Å². The smallest absolute Gasteiger partial charge is 0.203 e. The molecule has 0 atom stereocenters. The van der Waals surface area contributed by atoms with Gasteiger partial charge in [-0.3, -0.25) is 0 Å². The van der Waals surface area contributed by atoms with E-state index in [1.807, 2.05) is 52.5 Å². The topological polar surface area (TPSA) is 82.1 Å². The lowest BCUT2D eigenvalue weighted by Gasteiger charge is -2.15. The Bertz CT molecular complexity index is 2380. The summed E-state index contributed by atoms with van der Waals surface area (Å²) in [5.41, 5.74) is 7.01. The molecule has 0 unspecified atom stereocenters. The van der Waals surface area contributed by atoms with Crippen molar-refractivity contribution in [3.05, 3.63) is 108 Å². The highest BCUT2D eigenvalue weighted by atomic mass is 35.5. The predicted octanol–water partition coefficient (Wildman–Crippen LogP) is 3.47. The Kier molecular flexibility index (Phi) is 8.19. The predicted molar refractivity (Wildman–Crippen MR) is 192 cm³/mol. The van der Waals surface area contributed by atoms with Crippen LogP contribution in [0, 0.1) is 0 Å². The number of rotatable bonds is 6. The highest BCUT2D eigenvalue weighted by molar-refractivity contribution is 6.11. The third kappa shape index (κ3) is 5.58. The summed E-state index contributed by atoms with van der Waals surface area (Å²) in [6.07, 6.45) is 0.900. The van der Waals surface area contributed by atoms with Gasteiger partial charge >= 0.3 is 0 Å². The first-order chi connectivity index (χ1) is 22.9. The zero-order chi connectivity index (χ0) is 32.1. The second kappa shape index (κ2) is 12.6. The van der Waals surface area contributed by atoms with Crippen molar-refractivity contribution in [3.8, 4) is 22.9 Å². The average molecular weight is 656 g/mol. The Morgan fingerprint density at radius 3 is 1.38 bits per heavy atom. The van der Waals surface area contributed by atoms with Crippen molar-refractivity contribution in [1.29, 1.82) is 0 Å². The van der Waals surface area contributed by atoms with Gasteiger partial charge in [-0.25, -0.2) is 19.1 Å². The maximum absolute atomic E-state index is 6.43. The van der Waals surface area contributed by atoms with E-state index in [1.54, 1.807) is 0 Å². The number of hydrogen-bond donors (Lipinski definition) is 2. The van der Waals surface area contributed by atoms with Crippen molar-refractivity contribution in [2.45, 2.75) is 6.42 Å². The molecule has 0 saturated heterocycles. The Morgan fingerprint density at radius 1 is 0.542 bits per heavy atom. The fourth-order valence-electron chi connectivity index (χ4n) is 6.27. The number of fused-ring (bicyclic) bond motifs is 8. The normalized spacial score (nSPS) is 11.4. The van der Waals surface area contributed by atoms with Gasteiger partial charge in [0.25, 0.3) is 0 Å². The van der Waals surface area contributed by atoms with Crippen LogP contribution in [0.5, 0.6) is 0 Å². The Labute approximate surface area is 283 Å². The number of halogens is 1. The third-order valence-electron chi connectivity index (χ3n) is 8.77. The fourth-order valence-corrected chi connectivity index (χ4v) is 6.27. The van der Waals surface area contributed by atoms with Crippen molar-refractivity contribution in [1.82, 2.24) is 19.1 Å². The molecule has 0 radical (unpaired) electrons. The van der Waals surface area contributed by atoms with Crippen LogP contribution in [0.2, 0.25) is 0 Å². The van der Waals surface area contributed by atoms with E-state index in [0.717, 1.165) is 108 Å². The number of nitrogens with one attached hydrogen (secondary N) is 2. The molecule has 2 heterocycles. The van der Waals surface area contributed by atoms with Gasteiger partial charge < -0.3 is 31.9 Å². The summed E-state index contributed by atoms with van der Waals surface area (Å²) < 4.78 is 17.0. The van der Waals surface area contributed by atoms with Gasteiger partial charge in [-0.05, 0) is 18.6 Å². The lowest BCUT2D eigenvalue weighted by Crippen LogP contribution is -3.00. The molecule has 9 heteroatoms. The Balaban J connectivity index is 0.00000364. The summed E-state index contributed by atoms with van der Waals surface area (Å²) in [5, 5.41) is 13.9. The first-order valence-electron chi connectivity index (χ1n) is 15.9. The maximum atomic E-state index is 6.43. The minimum absolute atomic E-state index is 0. The molecule has 4 aromatic carbocycles. The van der Waals surface area contributed by atoms with Crippen molar-refractivity contribution in [2.24, 2.45) is 0 Å². The van der Waals surface area contributed by atoms with Gasteiger partial charge in [0.1, 0.15) is 50.6 Å². The molecule has 0 aromatic heterocycles. The summed E-state index contributed by atoms with van der Waals surface area (Å²) in [6, 6.07) is 33.2. The van der Waals surface area contributed by atoms with E-state index in [2.05, 4.69) is 92.6 Å². The first kappa shape index (κ1) is 31.1. The molecule has 0 amide bonds. The molecule has 2 aliphatic carbocycles. The van der Waals surface area contributed by atoms with Gasteiger partial charge in [0.05, 0.1) is 12.1 Å². The van der Waals surface area contributed by atoms with Gasteiger partial charge in [0, 0.05) is 70.3 Å². The fraction of sp³-hybridized carbons (Fsp3) is 0.179. The van der Waals surface area contributed by atoms with Crippen LogP contribution >= 0.6 is 0 Å². The van der Waals surface area contributed by atoms with E-state index in [1.165, 1.54) is 0 Å². The molecule has 8 rings (SSSR count). The van der Waals surface area contributed by atoms with Crippen LogP contribution in [0.15, 0.2) is 106 Å². The molecule has 4 aromatic rings. The number of nitrogens with zero attached hydrogens (tertiary/aromatic N) is 4. The van der Waals surface area contributed by atoms with E-state index in [0.29, 0.717) is 0 Å². The standard InChI is InChI=1S/C39H34N6O2.ClH/c1-44(2)24-14-16-30-34(20-24)46-36-22-32(26-10-5-7-12-28(26)38(36)42-30)40-18-9-19-41-33-23-37-39(29-13-8-6-11-27(29)33)43-31-17-15-25(45(3)4)21-35(31)47-37;/h5-8,10-17,20-23H,9,18-19H2,1-4H3;1H/p+1. The highest BCUT2D eigenvalue weighted by Gasteiger charge is 2.16. The van der Waals surface area contributed by atoms with Crippen LogP contribution in [0.25, 0.3) is 66.7 Å². The summed E-state index contributed by atoms with van der Waals surface area (Å²) in [5.74, 6) is 1.54. The second-order valence-electron chi connectivity index (χ2n) is 12.4. The zero-order valence-electron chi connectivity index (χ0n) is 27.3. The van der Waals surface area contributed by atoms with E-state index in [9.17, 15) is 0 Å². The molecule has 4 aliphatic rings. The number of hydrogen-bond acceptors (Lipinski definition) is 6. The molecule has 2 aliphatic heterocycles. The summed E-state index contributed by atoms with van der Waals surface area (Å²) in [7, 11) is 8.10. The van der Waals surface area contributed by atoms with Gasteiger partial charge in [0.2, 0.25) is 10.7 Å². The molecule has 240 valence electrons. The molecule has 0 spiro atoms. The Morgan fingerprint density at radius 2 is 0.958 bits per heavy atom. The summed E-state index contributed by atoms with van der Waals surface area (Å²) in [4.78, 5) is 10.0. The van der Waals surface area contributed by atoms with Crippen LogP contribution in [0.4, 0.5) is 11.4 Å². The van der Waals surface area contributed by atoms with Gasteiger partial charge in [0.15, 0.2) is 22.7 Å². The molecular weight excluding hydrogens is 620 g/mol. The monoisotopic (exact) mass is 655 g/mol. The molecule has 0 bridgehead atoms. The SMILES string of the molecule is C[N+](C)=c1ccc2nc3c(cc(NCCCNc4cc5oc6cc(=[N+](C)C)ccc-6nc5c5ccccc45)c4ccccc43)oc-2c1.[Cl-]. The van der Waals surface area contributed by atoms with Crippen LogP contribution < -0.4 is 42.9 Å². The van der Waals surface area contributed by atoms with Gasteiger partial charge in [-0.15, -0.1) is 0 Å². The number of aromatic nitrogens is 2. The van der Waals surface area contributed by atoms with Gasteiger partial charge in [-0.2, -0.15) is 0 Å². The van der Waals surface area contributed by atoms with E-state index in [4.69, 9.17) is 18.8 Å². The number of benzene rings is 6. The molecule has 8 nitrogen and oxygen atoms in total. The number of anilines is 2. The lowest BCUT2D eigenvalue weighted by molar-refractivity contribution is -0.0000103. The van der Waals surface area contributed by atoms with Crippen LogP contribution in [0.1, 0.15) is 6.42 Å². The quantitative estimate of drug-likeness (QED) is 0.124. The second-order valence-corrected chi connectivity index (χ2v) is 12.4. The van der Waals surface area contributed by atoms with Crippen molar-refractivity contribution < 1.29 is 21.2 Å². The largest absolute Gasteiger partial charge is 1.00 e. The van der Waals surface area contributed by atoms with Crippen molar-refractivity contribution in [3.63, 3.8) is 0 Å². The molecule has 48 heavy (non-hydrogen) atoms. The highest BCUT2D eigenvalue weighted by Crippen LogP contribution is 2.35. The van der Waals surface area contributed by atoms with E-state index >= 15 is 0 Å². The maximum Gasteiger partial charge on any atom is 0.203 e. The van der Waals surface area contributed by atoms with E-state index in [-0.39, 0.29) is 12.4 Å². The summed E-state index contributed by atoms with van der Waals surface area (Å²) in [6.45, 7) is 1.56. The van der Waals surface area contributed by atoms with Gasteiger partial charge in [-0.1, -0.05) is 48.5 Å². The zero-order valence-corrected chi connectivity index (χ0v) is 28.1. The van der Waals surface area contributed by atoms with Crippen LogP contribution in [-0.2, 0) is 0 Å². The molecule has 0 fully saturated rings. The lowest BCUT2D eigenvalue weighted by atomic mass is 10.1. The minimum Gasteiger partial charge on any atom is -1.00 e. The third-order valence-corrected chi connectivity index (χ3v) is 8.77. The van der Waals surface area contributed by atoms with E-state index < -0.39 is 0 Å². The summed E-state index contributed by atoms with van der Waals surface area (Å²) >= 11 is 0. The minimum atomic E-state index is 0. The first-order valence-corrected chi connectivity index (χ1v) is 15.9. The molecule has 0 saturated carbocycles. The molecule has 2 N–H and O–H groups in total. The van der Waals surface area contributed by atoms with Crippen molar-refractivity contribution in [2.75, 3.05) is 51.9 Å². The Hall–Kier alpha value is -5.47. The average Bonchev–Trinajstić information content (AvgIpc) is 3.09.